The molecule has 1 atom stereocenters. The second-order valence-electron chi connectivity index (χ2n) is 5.67. The summed E-state index contributed by atoms with van der Waals surface area (Å²) in [5.41, 5.74) is 1.26. The Hall–Kier alpha value is -2.71. The summed E-state index contributed by atoms with van der Waals surface area (Å²) in [6.45, 7) is 0.557. The molecule has 0 radical (unpaired) electrons. The Balaban J connectivity index is 1.43. The van der Waals surface area contributed by atoms with Crippen molar-refractivity contribution in [2.24, 2.45) is 0 Å². The third-order valence-electron chi connectivity index (χ3n) is 3.97. The second kappa shape index (κ2) is 7.27. The van der Waals surface area contributed by atoms with Crippen LogP contribution in [0.3, 0.4) is 0 Å². The quantitative estimate of drug-likeness (QED) is 0.717. The molecule has 1 aliphatic heterocycles. The number of benzene rings is 1. The molecule has 0 fully saturated rings. The van der Waals surface area contributed by atoms with Gasteiger partial charge in [-0.2, -0.15) is 0 Å². The van der Waals surface area contributed by atoms with Crippen molar-refractivity contribution in [3.05, 3.63) is 63.3 Å². The SMILES string of the molecule is O=C(NC1CCOc2ccccc21)c1csc(NC(=O)c2cccs2)n1. The van der Waals surface area contributed by atoms with E-state index in [4.69, 9.17) is 4.74 Å². The number of hydrogen-bond donors (Lipinski definition) is 2. The van der Waals surface area contributed by atoms with Gasteiger partial charge in [0.05, 0.1) is 17.5 Å². The van der Waals surface area contributed by atoms with Gasteiger partial charge < -0.3 is 10.1 Å². The molecule has 2 amide bonds. The standard InChI is InChI=1S/C18H15N3O3S2/c22-16(19-12-7-8-24-14-5-2-1-4-11(12)14)13-10-26-18(20-13)21-17(23)15-6-3-9-25-15/h1-6,9-10,12H,7-8H2,(H,19,22)(H,20,21,23). The summed E-state index contributed by atoms with van der Waals surface area (Å²) >= 11 is 2.58. The highest BCUT2D eigenvalue weighted by Crippen LogP contribution is 2.31. The summed E-state index contributed by atoms with van der Waals surface area (Å²) in [5.74, 6) is 0.311. The molecule has 0 spiro atoms. The molecule has 0 saturated heterocycles. The van der Waals surface area contributed by atoms with Crippen molar-refractivity contribution in [3.63, 3.8) is 0 Å². The van der Waals surface area contributed by atoms with E-state index in [9.17, 15) is 9.59 Å². The highest BCUT2D eigenvalue weighted by Gasteiger charge is 2.24. The van der Waals surface area contributed by atoms with Crippen LogP contribution in [0.5, 0.6) is 5.75 Å². The van der Waals surface area contributed by atoms with E-state index in [1.807, 2.05) is 35.7 Å². The van der Waals surface area contributed by atoms with Crippen molar-refractivity contribution >= 4 is 39.6 Å². The van der Waals surface area contributed by atoms with Gasteiger partial charge in [0, 0.05) is 17.4 Å². The number of para-hydroxylation sites is 1. The van der Waals surface area contributed by atoms with Gasteiger partial charge in [0.15, 0.2) is 5.13 Å². The molecule has 26 heavy (non-hydrogen) atoms. The molecule has 2 N–H and O–H groups in total. The third-order valence-corrected chi connectivity index (χ3v) is 5.59. The molecule has 3 heterocycles. The lowest BCUT2D eigenvalue weighted by molar-refractivity contribution is 0.0919. The molecular formula is C18H15N3O3S2. The molecule has 1 unspecified atom stereocenters. The highest BCUT2D eigenvalue weighted by atomic mass is 32.1. The number of anilines is 1. The maximum absolute atomic E-state index is 12.5. The van der Waals surface area contributed by atoms with Crippen LogP contribution in [-0.4, -0.2) is 23.4 Å². The maximum Gasteiger partial charge on any atom is 0.271 e. The van der Waals surface area contributed by atoms with Gasteiger partial charge in [-0.05, 0) is 17.5 Å². The number of fused-ring (bicyclic) bond motifs is 1. The van der Waals surface area contributed by atoms with Crippen molar-refractivity contribution < 1.29 is 14.3 Å². The Labute approximate surface area is 157 Å². The van der Waals surface area contributed by atoms with E-state index in [2.05, 4.69) is 15.6 Å². The molecule has 4 rings (SSSR count). The van der Waals surface area contributed by atoms with Crippen molar-refractivity contribution in [2.75, 3.05) is 11.9 Å². The number of aromatic nitrogens is 1. The van der Waals surface area contributed by atoms with Crippen LogP contribution in [0.2, 0.25) is 0 Å². The maximum atomic E-state index is 12.5. The van der Waals surface area contributed by atoms with E-state index in [1.165, 1.54) is 22.7 Å². The van der Waals surface area contributed by atoms with Gasteiger partial charge in [0.1, 0.15) is 11.4 Å². The fourth-order valence-electron chi connectivity index (χ4n) is 2.73. The van der Waals surface area contributed by atoms with Crippen LogP contribution in [0.1, 0.15) is 38.2 Å². The fourth-order valence-corrected chi connectivity index (χ4v) is 4.03. The first-order valence-electron chi connectivity index (χ1n) is 8.03. The minimum absolute atomic E-state index is 0.113. The van der Waals surface area contributed by atoms with Crippen molar-refractivity contribution in [3.8, 4) is 5.75 Å². The molecule has 0 bridgehead atoms. The van der Waals surface area contributed by atoms with Crippen LogP contribution in [0.4, 0.5) is 5.13 Å². The average molecular weight is 385 g/mol. The first kappa shape index (κ1) is 16.7. The Morgan fingerprint density at radius 3 is 2.85 bits per heavy atom. The van der Waals surface area contributed by atoms with Crippen molar-refractivity contribution in [2.45, 2.75) is 12.5 Å². The highest BCUT2D eigenvalue weighted by molar-refractivity contribution is 7.14. The number of nitrogens with one attached hydrogen (secondary N) is 2. The zero-order chi connectivity index (χ0) is 17.9. The number of rotatable bonds is 4. The number of carbonyl (C=O) groups excluding carboxylic acids is 2. The van der Waals surface area contributed by atoms with E-state index in [1.54, 1.807) is 11.4 Å². The zero-order valence-corrected chi connectivity index (χ0v) is 15.2. The Kier molecular flexibility index (Phi) is 4.68. The topological polar surface area (TPSA) is 80.3 Å². The number of thiazole rings is 1. The average Bonchev–Trinajstić information content (AvgIpc) is 3.34. The molecule has 8 heteroatoms. The van der Waals surface area contributed by atoms with Crippen LogP contribution in [0.15, 0.2) is 47.2 Å². The lowest BCUT2D eigenvalue weighted by Gasteiger charge is -2.26. The molecule has 3 aromatic rings. The van der Waals surface area contributed by atoms with Crippen molar-refractivity contribution in [1.82, 2.24) is 10.3 Å². The van der Waals surface area contributed by atoms with Gasteiger partial charge in [-0.15, -0.1) is 22.7 Å². The number of ether oxygens (including phenoxy) is 1. The number of carbonyl (C=O) groups is 2. The van der Waals surface area contributed by atoms with Crippen LogP contribution in [0.25, 0.3) is 0 Å². The van der Waals surface area contributed by atoms with Gasteiger partial charge in [-0.25, -0.2) is 4.98 Å². The Morgan fingerprint density at radius 2 is 2.00 bits per heavy atom. The minimum Gasteiger partial charge on any atom is -0.493 e. The van der Waals surface area contributed by atoms with E-state index >= 15 is 0 Å². The molecule has 2 aromatic heterocycles. The first-order valence-corrected chi connectivity index (χ1v) is 9.79. The van der Waals surface area contributed by atoms with Crippen LogP contribution in [-0.2, 0) is 0 Å². The van der Waals surface area contributed by atoms with Crippen LogP contribution < -0.4 is 15.4 Å². The van der Waals surface area contributed by atoms with Gasteiger partial charge >= 0.3 is 0 Å². The van der Waals surface area contributed by atoms with E-state index in [0.29, 0.717) is 28.7 Å². The summed E-state index contributed by atoms with van der Waals surface area (Å²) in [5, 5.41) is 9.60. The zero-order valence-electron chi connectivity index (χ0n) is 13.6. The summed E-state index contributed by atoms with van der Waals surface area (Å²) in [7, 11) is 0. The lowest BCUT2D eigenvalue weighted by atomic mass is 10.0. The Morgan fingerprint density at radius 1 is 1.12 bits per heavy atom. The van der Waals surface area contributed by atoms with Gasteiger partial charge in [0.2, 0.25) is 0 Å². The largest absolute Gasteiger partial charge is 0.493 e. The van der Waals surface area contributed by atoms with Crippen molar-refractivity contribution in [1.29, 1.82) is 0 Å². The normalized spacial score (nSPS) is 15.6. The summed E-state index contributed by atoms with van der Waals surface area (Å²) < 4.78 is 5.61. The third kappa shape index (κ3) is 3.47. The fraction of sp³-hybridized carbons (Fsp3) is 0.167. The predicted octanol–water partition coefficient (Wildman–Crippen LogP) is 3.71. The Bertz CT molecular complexity index is 937. The second-order valence-corrected chi connectivity index (χ2v) is 7.48. The van der Waals surface area contributed by atoms with E-state index in [-0.39, 0.29) is 17.9 Å². The van der Waals surface area contributed by atoms with Crippen LogP contribution >= 0.6 is 22.7 Å². The number of thiophene rings is 1. The molecule has 0 aliphatic carbocycles. The van der Waals surface area contributed by atoms with Gasteiger partial charge in [0.25, 0.3) is 11.8 Å². The smallest absolute Gasteiger partial charge is 0.271 e. The molecule has 1 aliphatic rings. The predicted molar refractivity (Wildman–Crippen MR) is 101 cm³/mol. The molecule has 1 aromatic carbocycles. The lowest BCUT2D eigenvalue weighted by Crippen LogP contribution is -2.32. The summed E-state index contributed by atoms with van der Waals surface area (Å²) in [4.78, 5) is 29.4. The summed E-state index contributed by atoms with van der Waals surface area (Å²) in [6.07, 6.45) is 0.703. The molecule has 132 valence electrons. The molecule has 6 nitrogen and oxygen atoms in total. The minimum atomic E-state index is -0.264. The van der Waals surface area contributed by atoms with Crippen LogP contribution in [0, 0.1) is 0 Å². The van der Waals surface area contributed by atoms with E-state index in [0.717, 1.165) is 11.3 Å². The molecule has 0 saturated carbocycles. The number of hydrogen-bond acceptors (Lipinski definition) is 6. The monoisotopic (exact) mass is 385 g/mol. The van der Waals surface area contributed by atoms with Gasteiger partial charge in [-0.3, -0.25) is 14.9 Å². The molecular weight excluding hydrogens is 370 g/mol. The van der Waals surface area contributed by atoms with E-state index < -0.39 is 0 Å². The first-order chi connectivity index (χ1) is 12.7. The van der Waals surface area contributed by atoms with Gasteiger partial charge in [-0.1, -0.05) is 24.3 Å². The number of amides is 2. The number of nitrogens with zero attached hydrogens (tertiary/aromatic N) is 1. The summed E-state index contributed by atoms with van der Waals surface area (Å²) in [6, 6.07) is 11.1.